The number of thiazole rings is 1. The zero-order chi connectivity index (χ0) is 19.5. The minimum absolute atomic E-state index is 0.0286. The van der Waals surface area contributed by atoms with E-state index in [9.17, 15) is 14.3 Å². The Bertz CT molecular complexity index is 1150. The molecule has 4 aromatic rings. The topological polar surface area (TPSA) is 71.5 Å². The second kappa shape index (κ2) is 7.66. The predicted octanol–water partition coefficient (Wildman–Crippen LogP) is 5.25. The third-order valence-electron chi connectivity index (χ3n) is 4.12. The summed E-state index contributed by atoms with van der Waals surface area (Å²) in [5, 5.41) is 13.0. The fourth-order valence-corrected chi connectivity index (χ4v) is 3.65. The standard InChI is InChI=1S/C21H15FN2O3S/c22-15-7-9-17-19(11-15)28-21(24-17)23-12-27-18-10-14(6-8-16(18)20(25)26)13-4-2-1-3-5-13/h1-11H,12H2,(H,23,24)(H,25,26). The van der Waals surface area contributed by atoms with Gasteiger partial charge in [-0.1, -0.05) is 47.7 Å². The first-order valence-electron chi connectivity index (χ1n) is 8.46. The summed E-state index contributed by atoms with van der Waals surface area (Å²) >= 11 is 1.30. The first-order chi connectivity index (χ1) is 13.6. The van der Waals surface area contributed by atoms with Gasteiger partial charge in [0.15, 0.2) is 11.9 Å². The van der Waals surface area contributed by atoms with Crippen LogP contribution in [-0.2, 0) is 0 Å². The molecule has 0 aliphatic carbocycles. The van der Waals surface area contributed by atoms with Crippen LogP contribution >= 0.6 is 11.3 Å². The fourth-order valence-electron chi connectivity index (χ4n) is 2.78. The highest BCUT2D eigenvalue weighted by atomic mass is 32.1. The Morgan fingerprint density at radius 2 is 1.89 bits per heavy atom. The Kier molecular flexibility index (Phi) is 4.90. The van der Waals surface area contributed by atoms with Crippen LogP contribution in [0.4, 0.5) is 9.52 Å². The van der Waals surface area contributed by atoms with E-state index in [1.54, 1.807) is 18.2 Å². The van der Waals surface area contributed by atoms with Crippen molar-refractivity contribution in [1.82, 2.24) is 4.98 Å². The highest BCUT2D eigenvalue weighted by Crippen LogP contribution is 2.29. The lowest BCUT2D eigenvalue weighted by molar-refractivity contribution is 0.0692. The molecule has 0 amide bonds. The SMILES string of the molecule is O=C(O)c1ccc(-c2ccccc2)cc1OCNc1nc2ccc(F)cc2s1. The van der Waals surface area contributed by atoms with E-state index in [1.807, 2.05) is 30.3 Å². The number of benzene rings is 3. The van der Waals surface area contributed by atoms with E-state index in [-0.39, 0.29) is 23.9 Å². The van der Waals surface area contributed by atoms with Crippen LogP contribution in [0, 0.1) is 5.82 Å². The molecule has 0 radical (unpaired) electrons. The van der Waals surface area contributed by atoms with Crippen molar-refractivity contribution in [2.45, 2.75) is 0 Å². The van der Waals surface area contributed by atoms with Gasteiger partial charge in [0, 0.05) is 0 Å². The first-order valence-corrected chi connectivity index (χ1v) is 9.27. The maximum absolute atomic E-state index is 13.3. The minimum atomic E-state index is -1.06. The molecule has 4 rings (SSSR count). The minimum Gasteiger partial charge on any atom is -0.478 e. The van der Waals surface area contributed by atoms with E-state index in [4.69, 9.17) is 4.74 Å². The summed E-state index contributed by atoms with van der Waals surface area (Å²) in [5.41, 5.74) is 2.58. The van der Waals surface area contributed by atoms with Gasteiger partial charge in [0.05, 0.1) is 10.2 Å². The summed E-state index contributed by atoms with van der Waals surface area (Å²) in [5.74, 6) is -1.12. The molecule has 7 heteroatoms. The Morgan fingerprint density at radius 3 is 2.68 bits per heavy atom. The summed E-state index contributed by atoms with van der Waals surface area (Å²) in [6, 6.07) is 19.0. The lowest BCUT2D eigenvalue weighted by atomic mass is 10.0. The number of carboxylic acid groups (broad SMARTS) is 1. The van der Waals surface area contributed by atoms with Gasteiger partial charge in [-0.2, -0.15) is 0 Å². The van der Waals surface area contributed by atoms with E-state index in [0.717, 1.165) is 15.8 Å². The molecule has 0 bridgehead atoms. The van der Waals surface area contributed by atoms with Gasteiger partial charge in [0.1, 0.15) is 17.1 Å². The molecule has 140 valence electrons. The van der Waals surface area contributed by atoms with Crippen LogP contribution in [0.3, 0.4) is 0 Å². The van der Waals surface area contributed by atoms with Crippen LogP contribution < -0.4 is 10.1 Å². The molecule has 0 aliphatic heterocycles. The fraction of sp³-hybridized carbons (Fsp3) is 0.0476. The first kappa shape index (κ1) is 17.9. The number of nitrogens with zero attached hydrogens (tertiary/aromatic N) is 1. The molecule has 3 aromatic carbocycles. The molecule has 0 fully saturated rings. The number of halogens is 1. The summed E-state index contributed by atoms with van der Waals surface area (Å²) < 4.78 is 19.7. The van der Waals surface area contributed by atoms with Crippen molar-refractivity contribution in [3.63, 3.8) is 0 Å². The number of anilines is 1. The molecule has 28 heavy (non-hydrogen) atoms. The number of ether oxygens (including phenoxy) is 1. The quantitative estimate of drug-likeness (QED) is 0.437. The van der Waals surface area contributed by atoms with Crippen molar-refractivity contribution in [2.24, 2.45) is 0 Å². The van der Waals surface area contributed by atoms with E-state index < -0.39 is 5.97 Å². The molecule has 5 nitrogen and oxygen atoms in total. The maximum Gasteiger partial charge on any atom is 0.339 e. The number of fused-ring (bicyclic) bond motifs is 1. The van der Waals surface area contributed by atoms with E-state index in [1.165, 1.54) is 29.5 Å². The molecule has 0 spiro atoms. The molecular weight excluding hydrogens is 379 g/mol. The van der Waals surface area contributed by atoms with Gasteiger partial charge in [-0.3, -0.25) is 0 Å². The van der Waals surface area contributed by atoms with Crippen LogP contribution in [0.5, 0.6) is 5.75 Å². The van der Waals surface area contributed by atoms with Crippen LogP contribution in [-0.4, -0.2) is 22.8 Å². The van der Waals surface area contributed by atoms with Gasteiger partial charge in [-0.25, -0.2) is 14.2 Å². The van der Waals surface area contributed by atoms with Crippen molar-refractivity contribution in [1.29, 1.82) is 0 Å². The zero-order valence-corrected chi connectivity index (χ0v) is 15.4. The number of nitrogens with one attached hydrogen (secondary N) is 1. The lowest BCUT2D eigenvalue weighted by Gasteiger charge is -2.11. The van der Waals surface area contributed by atoms with Gasteiger partial charge in [0.2, 0.25) is 0 Å². The Balaban J connectivity index is 1.53. The number of aromatic nitrogens is 1. The summed E-state index contributed by atoms with van der Waals surface area (Å²) in [6.07, 6.45) is 0. The van der Waals surface area contributed by atoms with Crippen molar-refractivity contribution >= 4 is 32.7 Å². The number of hydrogen-bond acceptors (Lipinski definition) is 5. The Morgan fingerprint density at radius 1 is 1.07 bits per heavy atom. The van der Waals surface area contributed by atoms with Crippen LogP contribution in [0.15, 0.2) is 66.7 Å². The summed E-state index contributed by atoms with van der Waals surface area (Å²) in [6.45, 7) is 0.0286. The predicted molar refractivity (Wildman–Crippen MR) is 108 cm³/mol. The van der Waals surface area contributed by atoms with Crippen molar-refractivity contribution in [3.8, 4) is 16.9 Å². The third-order valence-corrected chi connectivity index (χ3v) is 5.10. The molecule has 0 aliphatic rings. The second-order valence-electron chi connectivity index (χ2n) is 5.98. The molecule has 0 saturated heterocycles. The number of carbonyl (C=O) groups is 1. The Hall–Kier alpha value is -3.45. The molecule has 1 aromatic heterocycles. The van der Waals surface area contributed by atoms with Crippen LogP contribution in [0.1, 0.15) is 10.4 Å². The van der Waals surface area contributed by atoms with Crippen molar-refractivity contribution < 1.29 is 19.0 Å². The van der Waals surface area contributed by atoms with Gasteiger partial charge >= 0.3 is 5.97 Å². The number of hydrogen-bond donors (Lipinski definition) is 2. The molecule has 2 N–H and O–H groups in total. The number of aromatic carboxylic acids is 1. The maximum atomic E-state index is 13.3. The molecular formula is C21H15FN2O3S. The zero-order valence-electron chi connectivity index (χ0n) is 14.6. The number of rotatable bonds is 6. The molecule has 1 heterocycles. The number of carboxylic acids is 1. The molecule has 0 saturated carbocycles. The van der Waals surface area contributed by atoms with E-state index >= 15 is 0 Å². The monoisotopic (exact) mass is 394 g/mol. The highest BCUT2D eigenvalue weighted by molar-refractivity contribution is 7.22. The highest BCUT2D eigenvalue weighted by Gasteiger charge is 2.13. The normalized spacial score (nSPS) is 10.8. The second-order valence-corrected chi connectivity index (χ2v) is 7.01. The van der Waals surface area contributed by atoms with Gasteiger partial charge < -0.3 is 15.2 Å². The van der Waals surface area contributed by atoms with Crippen molar-refractivity contribution in [2.75, 3.05) is 12.0 Å². The van der Waals surface area contributed by atoms with Crippen LogP contribution in [0.2, 0.25) is 0 Å². The van der Waals surface area contributed by atoms with Crippen molar-refractivity contribution in [3.05, 3.63) is 78.1 Å². The van der Waals surface area contributed by atoms with E-state index in [2.05, 4.69) is 10.3 Å². The lowest BCUT2D eigenvalue weighted by Crippen LogP contribution is -2.11. The van der Waals surface area contributed by atoms with Gasteiger partial charge in [0.25, 0.3) is 0 Å². The van der Waals surface area contributed by atoms with Gasteiger partial charge in [-0.15, -0.1) is 0 Å². The van der Waals surface area contributed by atoms with Crippen LogP contribution in [0.25, 0.3) is 21.3 Å². The summed E-state index contributed by atoms with van der Waals surface area (Å²) in [4.78, 5) is 15.9. The molecule has 0 unspecified atom stereocenters. The smallest absolute Gasteiger partial charge is 0.339 e. The summed E-state index contributed by atoms with van der Waals surface area (Å²) in [7, 11) is 0. The van der Waals surface area contributed by atoms with Gasteiger partial charge in [-0.05, 0) is 41.5 Å². The Labute approximate surface area is 164 Å². The average Bonchev–Trinajstić information content (AvgIpc) is 3.10. The van der Waals surface area contributed by atoms with E-state index in [0.29, 0.717) is 10.6 Å². The molecule has 0 atom stereocenters. The average molecular weight is 394 g/mol. The third kappa shape index (κ3) is 3.79. The largest absolute Gasteiger partial charge is 0.478 e.